The standard InChI is InChI=1S/C34H31N11O7/c35-21-24(22-39-38-17-18-46)32(49)51-19-8-3-9-20-52-33(50)27-23-40-43(34-36-15-10-16-37-34)29(27)42-41-28-30(47)44(25-11-4-1-5-12-25)45(31(28)48)26-13-6-2-7-14-26/h1-2,4-7,10-16,18,21-23,35,47H,3,8-9,17,19-20H2/b24-22+,35-21?,39-38?,42-41?. The fraction of sp³-hybridized carbons (Fsp3) is 0.176. The maximum absolute atomic E-state index is 13.7. The van der Waals surface area contributed by atoms with Gasteiger partial charge in [0.2, 0.25) is 11.6 Å². The number of nitrogens with zero attached hydrogens (tertiary/aromatic N) is 10. The highest BCUT2D eigenvalue weighted by molar-refractivity contribution is 6.08. The molecule has 0 aliphatic heterocycles. The maximum atomic E-state index is 13.7. The van der Waals surface area contributed by atoms with Crippen LogP contribution in [0.2, 0.25) is 0 Å². The molecule has 0 aliphatic carbocycles. The third-order valence-corrected chi connectivity index (χ3v) is 7.04. The summed E-state index contributed by atoms with van der Waals surface area (Å²) in [4.78, 5) is 57.7. The van der Waals surface area contributed by atoms with E-state index in [0.717, 1.165) is 17.1 Å². The molecule has 18 nitrogen and oxygen atoms in total. The van der Waals surface area contributed by atoms with Gasteiger partial charge in [0.05, 0.1) is 42.6 Å². The molecule has 0 saturated carbocycles. The number of carbonyl (C=O) groups is 3. The highest BCUT2D eigenvalue weighted by Crippen LogP contribution is 2.31. The number of aromatic nitrogens is 6. The van der Waals surface area contributed by atoms with Crippen LogP contribution in [0, 0.1) is 5.41 Å². The van der Waals surface area contributed by atoms with Gasteiger partial charge >= 0.3 is 17.5 Å². The summed E-state index contributed by atoms with van der Waals surface area (Å²) >= 11 is 0. The molecule has 2 N–H and O–H groups in total. The molecule has 0 unspecified atom stereocenters. The molecule has 3 heterocycles. The molecule has 0 amide bonds. The van der Waals surface area contributed by atoms with E-state index in [4.69, 9.17) is 14.9 Å². The molecule has 0 fully saturated rings. The zero-order valence-corrected chi connectivity index (χ0v) is 27.4. The number of ether oxygens (including phenoxy) is 2. The molecule has 0 bridgehead atoms. The fourth-order valence-electron chi connectivity index (χ4n) is 4.61. The number of azo groups is 2. The van der Waals surface area contributed by atoms with Gasteiger partial charge in [-0.1, -0.05) is 36.4 Å². The van der Waals surface area contributed by atoms with Gasteiger partial charge in [-0.3, -0.25) is 4.79 Å². The van der Waals surface area contributed by atoms with E-state index in [9.17, 15) is 24.3 Å². The first-order valence-electron chi connectivity index (χ1n) is 15.7. The Morgan fingerprint density at radius 3 is 2.17 bits per heavy atom. The van der Waals surface area contributed by atoms with Crippen LogP contribution in [0.4, 0.5) is 11.5 Å². The molecule has 5 aromatic rings. The summed E-state index contributed by atoms with van der Waals surface area (Å²) in [6.07, 6.45) is 7.86. The maximum Gasteiger partial charge on any atom is 0.343 e. The molecule has 0 aliphatic rings. The monoisotopic (exact) mass is 705 g/mol. The van der Waals surface area contributed by atoms with Crippen molar-refractivity contribution < 1.29 is 29.0 Å². The second kappa shape index (κ2) is 18.0. The second-order valence-corrected chi connectivity index (χ2v) is 10.5. The number of nitrogens with one attached hydrogen (secondary N) is 1. The molecular weight excluding hydrogens is 674 g/mol. The molecule has 3 aromatic heterocycles. The Hall–Kier alpha value is -7.24. The van der Waals surface area contributed by atoms with Crippen molar-refractivity contribution in [3.63, 3.8) is 0 Å². The normalized spacial score (nSPS) is 11.6. The summed E-state index contributed by atoms with van der Waals surface area (Å²) in [7, 11) is 0. The van der Waals surface area contributed by atoms with E-state index >= 15 is 0 Å². The number of aromatic hydroxyl groups is 1. The van der Waals surface area contributed by atoms with Crippen LogP contribution in [0.25, 0.3) is 17.3 Å². The molecule has 5 rings (SSSR count). The summed E-state index contributed by atoms with van der Waals surface area (Å²) in [5.74, 6) is -2.15. The first kappa shape index (κ1) is 36.1. The summed E-state index contributed by atoms with van der Waals surface area (Å²) in [6, 6.07) is 19.0. The van der Waals surface area contributed by atoms with Crippen molar-refractivity contribution >= 4 is 35.9 Å². The van der Waals surface area contributed by atoms with Gasteiger partial charge in [-0.25, -0.2) is 28.9 Å². The van der Waals surface area contributed by atoms with Crippen LogP contribution in [0.15, 0.2) is 122 Å². The van der Waals surface area contributed by atoms with Crippen LogP contribution < -0.4 is 5.56 Å². The number of unbranched alkanes of at least 4 members (excludes halogenated alkanes) is 2. The van der Waals surface area contributed by atoms with Gasteiger partial charge in [0.25, 0.3) is 5.95 Å². The van der Waals surface area contributed by atoms with E-state index in [2.05, 4.69) is 35.5 Å². The SMILES string of the molecule is N=C/C(=C\N=NCC=O)C(=O)OCCCCCOC(=O)c1cnn(-c2ncccn2)c1N=Nc1c(O)n(-c2ccccc2)n(-c2ccccc2)c1=O. The predicted octanol–water partition coefficient (Wildman–Crippen LogP) is 4.78. The van der Waals surface area contributed by atoms with E-state index in [0.29, 0.717) is 36.9 Å². The van der Waals surface area contributed by atoms with E-state index in [1.807, 2.05) is 0 Å². The lowest BCUT2D eigenvalue weighted by Crippen LogP contribution is -2.20. The fourth-order valence-corrected chi connectivity index (χ4v) is 4.61. The Bertz CT molecular complexity index is 2160. The third kappa shape index (κ3) is 8.67. The van der Waals surface area contributed by atoms with Crippen molar-refractivity contribution in [2.45, 2.75) is 19.3 Å². The van der Waals surface area contributed by atoms with Crippen LogP contribution in [-0.2, 0) is 19.1 Å². The van der Waals surface area contributed by atoms with Crippen LogP contribution in [0.5, 0.6) is 5.88 Å². The van der Waals surface area contributed by atoms with Crippen molar-refractivity contribution in [1.29, 1.82) is 5.41 Å². The van der Waals surface area contributed by atoms with E-state index < -0.39 is 29.1 Å². The highest BCUT2D eigenvalue weighted by Gasteiger charge is 2.25. The number of carbonyl (C=O) groups excluding carboxylic acids is 3. The summed E-state index contributed by atoms with van der Waals surface area (Å²) < 4.78 is 14.3. The van der Waals surface area contributed by atoms with Crippen molar-refractivity contribution in [1.82, 2.24) is 29.1 Å². The average Bonchev–Trinajstić information content (AvgIpc) is 3.71. The minimum atomic E-state index is -0.792. The number of hydrogen-bond acceptors (Lipinski definition) is 15. The van der Waals surface area contributed by atoms with Crippen molar-refractivity contribution in [3.05, 3.63) is 113 Å². The van der Waals surface area contributed by atoms with Crippen molar-refractivity contribution in [2.24, 2.45) is 20.5 Å². The Kier molecular flexibility index (Phi) is 12.4. The molecular formula is C34H31N11O7. The van der Waals surface area contributed by atoms with Gasteiger partial charge < -0.3 is 24.8 Å². The van der Waals surface area contributed by atoms with E-state index in [-0.39, 0.29) is 42.7 Å². The second-order valence-electron chi connectivity index (χ2n) is 10.5. The Morgan fingerprint density at radius 2 is 1.52 bits per heavy atom. The number of hydrogen-bond donors (Lipinski definition) is 2. The van der Waals surface area contributed by atoms with Gasteiger partial charge in [-0.2, -0.15) is 20.0 Å². The van der Waals surface area contributed by atoms with Crippen molar-refractivity contribution in [3.8, 4) is 23.2 Å². The number of rotatable bonds is 17. The number of para-hydroxylation sites is 2. The number of esters is 2. The quantitative estimate of drug-likeness (QED) is 0.0335. The molecule has 0 atom stereocenters. The van der Waals surface area contributed by atoms with Gasteiger partial charge in [-0.05, 0) is 49.6 Å². The van der Waals surface area contributed by atoms with Gasteiger partial charge in [0.1, 0.15) is 18.4 Å². The van der Waals surface area contributed by atoms with Gasteiger partial charge in [0, 0.05) is 18.6 Å². The molecule has 0 saturated heterocycles. The van der Waals surface area contributed by atoms with Crippen LogP contribution >= 0.6 is 0 Å². The number of aldehydes is 1. The topological polar surface area (TPSA) is 234 Å². The largest absolute Gasteiger partial charge is 0.492 e. The predicted molar refractivity (Wildman–Crippen MR) is 184 cm³/mol. The van der Waals surface area contributed by atoms with Gasteiger partial charge in [0.15, 0.2) is 5.82 Å². The first-order valence-corrected chi connectivity index (χ1v) is 15.7. The lowest BCUT2D eigenvalue weighted by Gasteiger charge is -2.12. The van der Waals surface area contributed by atoms with Crippen LogP contribution in [0.1, 0.15) is 29.6 Å². The minimum absolute atomic E-state index is 0.00163. The average molecular weight is 706 g/mol. The summed E-state index contributed by atoms with van der Waals surface area (Å²) in [6.45, 7) is -0.118. The smallest absolute Gasteiger partial charge is 0.343 e. The van der Waals surface area contributed by atoms with Gasteiger partial charge in [-0.15, -0.1) is 10.2 Å². The summed E-state index contributed by atoms with van der Waals surface area (Å²) in [5, 5.41) is 38.2. The van der Waals surface area contributed by atoms with Crippen molar-refractivity contribution in [2.75, 3.05) is 19.8 Å². The lowest BCUT2D eigenvalue weighted by molar-refractivity contribution is -0.138. The first-order chi connectivity index (χ1) is 25.4. The van der Waals surface area contributed by atoms with E-state index in [1.165, 1.54) is 28.0 Å². The Balaban J connectivity index is 1.31. The zero-order valence-electron chi connectivity index (χ0n) is 27.4. The number of benzene rings is 2. The molecule has 52 heavy (non-hydrogen) atoms. The van der Waals surface area contributed by atoms with Crippen LogP contribution in [0.3, 0.4) is 0 Å². The summed E-state index contributed by atoms with van der Waals surface area (Å²) in [5.41, 5.74) is -0.384. The van der Waals surface area contributed by atoms with Crippen LogP contribution in [-0.4, -0.2) is 78.4 Å². The Labute approximate surface area is 294 Å². The highest BCUT2D eigenvalue weighted by atomic mass is 16.5. The molecule has 0 spiro atoms. The Morgan fingerprint density at radius 1 is 0.865 bits per heavy atom. The molecule has 2 aromatic carbocycles. The third-order valence-electron chi connectivity index (χ3n) is 7.04. The minimum Gasteiger partial charge on any atom is -0.492 e. The lowest BCUT2D eigenvalue weighted by atomic mass is 10.2. The molecule has 0 radical (unpaired) electrons. The van der Waals surface area contributed by atoms with E-state index in [1.54, 1.807) is 66.7 Å². The zero-order chi connectivity index (χ0) is 36.7. The molecule has 264 valence electrons. The molecule has 18 heteroatoms.